The SMILES string of the molecule is CCc1ccc(OCC(=O)Nc2cc(-c3ccc(OC)c(OC)c3)nn2-c2ccccn2)cc1. The molecular weight excluding hydrogens is 432 g/mol. The first-order valence-electron chi connectivity index (χ1n) is 10.9. The van der Waals surface area contributed by atoms with Gasteiger partial charge in [0.05, 0.1) is 19.9 Å². The summed E-state index contributed by atoms with van der Waals surface area (Å²) >= 11 is 0. The number of hydrogen-bond acceptors (Lipinski definition) is 6. The second-order valence-corrected chi connectivity index (χ2v) is 7.42. The fourth-order valence-corrected chi connectivity index (χ4v) is 3.41. The van der Waals surface area contributed by atoms with Crippen LogP contribution in [0.3, 0.4) is 0 Å². The normalized spacial score (nSPS) is 10.6. The highest BCUT2D eigenvalue weighted by atomic mass is 16.5. The van der Waals surface area contributed by atoms with Crippen LogP contribution in [0.4, 0.5) is 5.82 Å². The zero-order chi connectivity index (χ0) is 23.9. The molecule has 4 rings (SSSR count). The Labute approximate surface area is 198 Å². The van der Waals surface area contributed by atoms with Crippen LogP contribution in [0, 0.1) is 0 Å². The van der Waals surface area contributed by atoms with E-state index in [0.29, 0.717) is 34.6 Å². The lowest BCUT2D eigenvalue weighted by Gasteiger charge is -2.09. The largest absolute Gasteiger partial charge is 0.493 e. The molecule has 1 N–H and O–H groups in total. The Balaban J connectivity index is 1.58. The summed E-state index contributed by atoms with van der Waals surface area (Å²) < 4.78 is 18.0. The molecule has 0 atom stereocenters. The van der Waals surface area contributed by atoms with Crippen LogP contribution in [0.1, 0.15) is 12.5 Å². The van der Waals surface area contributed by atoms with Crippen molar-refractivity contribution in [2.75, 3.05) is 26.1 Å². The first kappa shape index (κ1) is 22.8. The van der Waals surface area contributed by atoms with E-state index >= 15 is 0 Å². The molecule has 0 spiro atoms. The van der Waals surface area contributed by atoms with E-state index in [0.717, 1.165) is 12.0 Å². The van der Waals surface area contributed by atoms with Crippen molar-refractivity contribution in [2.24, 2.45) is 0 Å². The Hall–Kier alpha value is -4.33. The molecule has 8 heteroatoms. The maximum Gasteiger partial charge on any atom is 0.263 e. The number of benzene rings is 2. The van der Waals surface area contributed by atoms with Crippen LogP contribution in [-0.2, 0) is 11.2 Å². The van der Waals surface area contributed by atoms with E-state index in [-0.39, 0.29) is 12.5 Å². The Kier molecular flexibility index (Phi) is 7.07. The summed E-state index contributed by atoms with van der Waals surface area (Å²) in [5, 5.41) is 7.56. The quantitative estimate of drug-likeness (QED) is 0.397. The molecule has 2 aromatic carbocycles. The van der Waals surface area contributed by atoms with Crippen molar-refractivity contribution in [2.45, 2.75) is 13.3 Å². The molecule has 2 aromatic heterocycles. The van der Waals surface area contributed by atoms with E-state index < -0.39 is 0 Å². The van der Waals surface area contributed by atoms with E-state index in [2.05, 4.69) is 22.3 Å². The van der Waals surface area contributed by atoms with E-state index in [1.54, 1.807) is 31.2 Å². The van der Waals surface area contributed by atoms with E-state index in [9.17, 15) is 4.79 Å². The van der Waals surface area contributed by atoms with Gasteiger partial charge in [-0.2, -0.15) is 9.78 Å². The lowest BCUT2D eigenvalue weighted by Crippen LogP contribution is -2.22. The van der Waals surface area contributed by atoms with Crippen LogP contribution in [0.2, 0.25) is 0 Å². The van der Waals surface area contributed by atoms with Crippen LogP contribution in [0.5, 0.6) is 17.2 Å². The van der Waals surface area contributed by atoms with Crippen molar-refractivity contribution >= 4 is 11.7 Å². The van der Waals surface area contributed by atoms with Crippen molar-refractivity contribution in [1.29, 1.82) is 0 Å². The number of ether oxygens (including phenoxy) is 3. The first-order valence-corrected chi connectivity index (χ1v) is 10.9. The van der Waals surface area contributed by atoms with Gasteiger partial charge < -0.3 is 19.5 Å². The molecule has 1 amide bonds. The van der Waals surface area contributed by atoms with Gasteiger partial charge in [0.2, 0.25) is 0 Å². The molecular formula is C26H26N4O4. The summed E-state index contributed by atoms with van der Waals surface area (Å²) in [5.41, 5.74) is 2.65. The number of nitrogens with one attached hydrogen (secondary N) is 1. The van der Waals surface area contributed by atoms with Crippen LogP contribution in [-0.4, -0.2) is 41.5 Å². The monoisotopic (exact) mass is 458 g/mol. The number of hydrogen-bond donors (Lipinski definition) is 1. The minimum Gasteiger partial charge on any atom is -0.493 e. The standard InChI is InChI=1S/C26H26N4O4/c1-4-18-8-11-20(12-9-18)34-17-26(31)28-25-16-21(29-30(25)24-7-5-6-14-27-24)19-10-13-22(32-2)23(15-19)33-3/h5-16H,4,17H2,1-3H3,(H,28,31). The number of nitrogens with zero attached hydrogens (tertiary/aromatic N) is 3. The fourth-order valence-electron chi connectivity index (χ4n) is 3.41. The molecule has 0 aliphatic rings. The summed E-state index contributed by atoms with van der Waals surface area (Å²) in [4.78, 5) is 17.1. The zero-order valence-electron chi connectivity index (χ0n) is 19.3. The van der Waals surface area contributed by atoms with Gasteiger partial charge in [-0.15, -0.1) is 0 Å². The molecule has 0 saturated heterocycles. The van der Waals surface area contributed by atoms with Gasteiger partial charge in [0.25, 0.3) is 5.91 Å². The minimum atomic E-state index is -0.310. The maximum atomic E-state index is 12.7. The van der Waals surface area contributed by atoms with Crippen molar-refractivity contribution in [1.82, 2.24) is 14.8 Å². The fraction of sp³-hybridized carbons (Fsp3) is 0.192. The predicted molar refractivity (Wildman–Crippen MR) is 130 cm³/mol. The number of carbonyl (C=O) groups is 1. The molecule has 4 aromatic rings. The van der Waals surface area contributed by atoms with Crippen LogP contribution in [0.25, 0.3) is 17.1 Å². The summed E-state index contributed by atoms with van der Waals surface area (Å²) in [5.74, 6) is 2.57. The highest BCUT2D eigenvalue weighted by molar-refractivity contribution is 5.92. The summed E-state index contributed by atoms with van der Waals surface area (Å²) in [6.45, 7) is 1.95. The number of rotatable bonds is 9. The number of amides is 1. The van der Waals surface area contributed by atoms with Gasteiger partial charge in [0.15, 0.2) is 23.9 Å². The van der Waals surface area contributed by atoms with Crippen molar-refractivity contribution in [3.05, 3.63) is 78.5 Å². The van der Waals surface area contributed by atoms with Crippen LogP contribution >= 0.6 is 0 Å². The van der Waals surface area contributed by atoms with Crippen LogP contribution in [0.15, 0.2) is 72.9 Å². The van der Waals surface area contributed by atoms with Gasteiger partial charge in [-0.05, 0) is 54.4 Å². The second kappa shape index (κ2) is 10.5. The van der Waals surface area contributed by atoms with Gasteiger partial charge in [0, 0.05) is 17.8 Å². The average molecular weight is 459 g/mol. The molecule has 0 unspecified atom stereocenters. The third-order valence-corrected chi connectivity index (χ3v) is 5.22. The van der Waals surface area contributed by atoms with Crippen molar-refractivity contribution < 1.29 is 19.0 Å². The molecule has 0 bridgehead atoms. The lowest BCUT2D eigenvalue weighted by molar-refractivity contribution is -0.118. The summed E-state index contributed by atoms with van der Waals surface area (Å²) in [7, 11) is 3.16. The molecule has 34 heavy (non-hydrogen) atoms. The third kappa shape index (κ3) is 5.17. The second-order valence-electron chi connectivity index (χ2n) is 7.42. The van der Waals surface area contributed by atoms with Gasteiger partial charge in [-0.1, -0.05) is 25.1 Å². The molecule has 0 fully saturated rings. The topological polar surface area (TPSA) is 87.5 Å². The number of anilines is 1. The smallest absolute Gasteiger partial charge is 0.263 e. The molecule has 0 aliphatic heterocycles. The Bertz CT molecular complexity index is 1250. The average Bonchev–Trinajstić information content (AvgIpc) is 3.31. The molecule has 174 valence electrons. The molecule has 0 saturated carbocycles. The zero-order valence-corrected chi connectivity index (χ0v) is 19.3. The van der Waals surface area contributed by atoms with Gasteiger partial charge in [0.1, 0.15) is 11.6 Å². The number of aryl methyl sites for hydroxylation is 1. The highest BCUT2D eigenvalue weighted by Crippen LogP contribution is 2.33. The Morgan fingerprint density at radius 3 is 2.44 bits per heavy atom. The molecule has 0 aliphatic carbocycles. The number of carbonyl (C=O) groups excluding carboxylic acids is 1. The highest BCUT2D eigenvalue weighted by Gasteiger charge is 2.16. The van der Waals surface area contributed by atoms with Crippen molar-refractivity contribution in [3.63, 3.8) is 0 Å². The van der Waals surface area contributed by atoms with Crippen molar-refractivity contribution in [3.8, 4) is 34.3 Å². The predicted octanol–water partition coefficient (Wildman–Crippen LogP) is 4.53. The molecule has 8 nitrogen and oxygen atoms in total. The lowest BCUT2D eigenvalue weighted by atomic mass is 10.1. The molecule has 0 radical (unpaired) electrons. The number of methoxy groups -OCH3 is 2. The van der Waals surface area contributed by atoms with E-state index in [1.807, 2.05) is 60.7 Å². The van der Waals surface area contributed by atoms with Gasteiger partial charge in [-0.3, -0.25) is 4.79 Å². The summed E-state index contributed by atoms with van der Waals surface area (Å²) in [6, 6.07) is 20.5. The Morgan fingerprint density at radius 2 is 1.76 bits per heavy atom. The van der Waals surface area contributed by atoms with Crippen LogP contribution < -0.4 is 19.5 Å². The van der Waals surface area contributed by atoms with E-state index in [4.69, 9.17) is 14.2 Å². The Morgan fingerprint density at radius 1 is 0.971 bits per heavy atom. The first-order chi connectivity index (χ1) is 16.6. The third-order valence-electron chi connectivity index (χ3n) is 5.22. The summed E-state index contributed by atoms with van der Waals surface area (Å²) in [6.07, 6.45) is 2.61. The van der Waals surface area contributed by atoms with E-state index in [1.165, 1.54) is 5.56 Å². The molecule has 2 heterocycles. The van der Waals surface area contributed by atoms with Gasteiger partial charge >= 0.3 is 0 Å². The van der Waals surface area contributed by atoms with Gasteiger partial charge in [-0.25, -0.2) is 4.98 Å². The maximum absolute atomic E-state index is 12.7. The number of aromatic nitrogens is 3. The minimum absolute atomic E-state index is 0.134. The number of pyridine rings is 1.